The average molecular weight is 214 g/mol. The summed E-state index contributed by atoms with van der Waals surface area (Å²) in [6, 6.07) is 0. The number of nitrogens with zero attached hydrogens (tertiary/aromatic N) is 3. The van der Waals surface area contributed by atoms with E-state index in [9.17, 15) is 0 Å². The molecule has 0 saturated carbocycles. The summed E-state index contributed by atoms with van der Waals surface area (Å²) in [6.45, 7) is 0. The van der Waals surface area contributed by atoms with Gasteiger partial charge in [-0.05, 0) is 15.9 Å². The van der Waals surface area contributed by atoms with Gasteiger partial charge in [-0.1, -0.05) is 0 Å². The van der Waals surface area contributed by atoms with Gasteiger partial charge >= 0.3 is 0 Å². The van der Waals surface area contributed by atoms with Crippen LogP contribution in [0.15, 0.2) is 10.8 Å². The van der Waals surface area contributed by atoms with Crippen molar-refractivity contribution >= 4 is 32.9 Å². The molecule has 0 bridgehead atoms. The number of fused-ring (bicyclic) bond motifs is 1. The van der Waals surface area contributed by atoms with Gasteiger partial charge in [-0.3, -0.25) is 5.10 Å². The van der Waals surface area contributed by atoms with Gasteiger partial charge in [-0.25, -0.2) is 4.98 Å². The Morgan fingerprint density at radius 2 is 2.27 bits per heavy atom. The molecule has 3 N–H and O–H groups in total. The predicted octanol–water partition coefficient (Wildman–Crippen LogP) is 0.698. The lowest BCUT2D eigenvalue weighted by molar-refractivity contribution is 1.09. The predicted molar refractivity (Wildman–Crippen MR) is 43.8 cm³/mol. The van der Waals surface area contributed by atoms with E-state index < -0.39 is 0 Å². The number of nitrogens with one attached hydrogen (secondary N) is 1. The highest BCUT2D eigenvalue weighted by Crippen LogP contribution is 2.18. The van der Waals surface area contributed by atoms with Gasteiger partial charge in [-0.15, -0.1) is 0 Å². The Hall–Kier alpha value is -1.17. The van der Waals surface area contributed by atoms with E-state index >= 15 is 0 Å². The van der Waals surface area contributed by atoms with Gasteiger partial charge in [0, 0.05) is 0 Å². The molecule has 0 spiro atoms. The second kappa shape index (κ2) is 2.16. The topological polar surface area (TPSA) is 80.5 Å². The van der Waals surface area contributed by atoms with E-state index in [2.05, 4.69) is 36.1 Å². The fraction of sp³-hybridized carbons (Fsp3) is 0. The van der Waals surface area contributed by atoms with E-state index in [1.807, 2.05) is 0 Å². The van der Waals surface area contributed by atoms with Crippen molar-refractivity contribution < 1.29 is 0 Å². The molecule has 0 aliphatic carbocycles. The molecule has 2 heterocycles. The minimum atomic E-state index is 0.230. The molecule has 0 aliphatic rings. The Balaban J connectivity index is 2.91. The SMILES string of the molecule is Nc1nc(Br)c2cn[nH]c2n1. The highest BCUT2D eigenvalue weighted by Gasteiger charge is 2.03. The third kappa shape index (κ3) is 0.949. The van der Waals surface area contributed by atoms with Crippen LogP contribution in [0.1, 0.15) is 0 Å². The molecular formula is C5H4BrN5. The first-order chi connectivity index (χ1) is 5.27. The van der Waals surface area contributed by atoms with E-state index in [1.54, 1.807) is 6.20 Å². The largest absolute Gasteiger partial charge is 0.368 e. The Morgan fingerprint density at radius 1 is 1.45 bits per heavy atom. The number of rotatable bonds is 0. The first-order valence-electron chi connectivity index (χ1n) is 2.89. The van der Waals surface area contributed by atoms with Crippen molar-refractivity contribution in [3.8, 4) is 0 Å². The number of aromatic nitrogens is 4. The molecule has 56 valence electrons. The second-order valence-electron chi connectivity index (χ2n) is 2.00. The minimum absolute atomic E-state index is 0.230. The minimum Gasteiger partial charge on any atom is -0.368 e. The molecule has 11 heavy (non-hydrogen) atoms. The van der Waals surface area contributed by atoms with Gasteiger partial charge < -0.3 is 5.73 Å². The quantitative estimate of drug-likeness (QED) is 0.632. The number of halogens is 1. The summed E-state index contributed by atoms with van der Waals surface area (Å²) in [7, 11) is 0. The molecule has 0 fully saturated rings. The van der Waals surface area contributed by atoms with E-state index in [0.29, 0.717) is 10.3 Å². The summed E-state index contributed by atoms with van der Waals surface area (Å²) in [5.74, 6) is 0.230. The zero-order valence-electron chi connectivity index (χ0n) is 5.37. The van der Waals surface area contributed by atoms with Gasteiger partial charge in [0.05, 0.1) is 11.6 Å². The van der Waals surface area contributed by atoms with Gasteiger partial charge in [0.1, 0.15) is 4.60 Å². The fourth-order valence-electron chi connectivity index (χ4n) is 0.816. The number of nitrogen functional groups attached to an aromatic ring is 1. The first-order valence-corrected chi connectivity index (χ1v) is 3.69. The Morgan fingerprint density at radius 3 is 3.09 bits per heavy atom. The van der Waals surface area contributed by atoms with Crippen LogP contribution in [-0.4, -0.2) is 20.2 Å². The Kier molecular flexibility index (Phi) is 1.28. The van der Waals surface area contributed by atoms with Crippen molar-refractivity contribution in [2.75, 3.05) is 5.73 Å². The Bertz CT molecular complexity index is 395. The maximum Gasteiger partial charge on any atom is 0.223 e. The highest BCUT2D eigenvalue weighted by atomic mass is 79.9. The molecule has 0 radical (unpaired) electrons. The molecule has 2 aromatic heterocycles. The van der Waals surface area contributed by atoms with Crippen LogP contribution in [0.4, 0.5) is 5.95 Å². The maximum absolute atomic E-state index is 5.38. The molecule has 0 unspecified atom stereocenters. The number of H-pyrrole nitrogens is 1. The molecule has 5 nitrogen and oxygen atoms in total. The van der Waals surface area contributed by atoms with Crippen molar-refractivity contribution in [2.24, 2.45) is 0 Å². The van der Waals surface area contributed by atoms with Gasteiger partial charge in [0.2, 0.25) is 5.95 Å². The van der Waals surface area contributed by atoms with Gasteiger partial charge in [0.15, 0.2) is 5.65 Å². The van der Waals surface area contributed by atoms with Crippen LogP contribution in [0.3, 0.4) is 0 Å². The van der Waals surface area contributed by atoms with Crippen LogP contribution >= 0.6 is 15.9 Å². The van der Waals surface area contributed by atoms with Crippen LogP contribution in [0, 0.1) is 0 Å². The number of hydrogen-bond donors (Lipinski definition) is 2. The van der Waals surface area contributed by atoms with Crippen LogP contribution in [0.5, 0.6) is 0 Å². The van der Waals surface area contributed by atoms with Crippen LogP contribution < -0.4 is 5.73 Å². The molecule has 0 aromatic carbocycles. The first kappa shape index (κ1) is 6.53. The lowest BCUT2D eigenvalue weighted by Gasteiger charge is -1.92. The number of aromatic amines is 1. The summed E-state index contributed by atoms with van der Waals surface area (Å²) in [6.07, 6.45) is 1.64. The van der Waals surface area contributed by atoms with Gasteiger partial charge in [0.25, 0.3) is 0 Å². The number of nitrogens with two attached hydrogens (primary N) is 1. The zero-order chi connectivity index (χ0) is 7.84. The summed E-state index contributed by atoms with van der Waals surface area (Å²) in [4.78, 5) is 7.81. The second-order valence-corrected chi connectivity index (χ2v) is 2.76. The lowest BCUT2D eigenvalue weighted by Crippen LogP contribution is -1.94. The molecule has 6 heteroatoms. The number of anilines is 1. The standard InChI is InChI=1S/C5H4BrN5/c6-3-2-1-8-11-4(2)10-5(7)9-3/h1H,(H3,7,8,9,10,11). The van der Waals surface area contributed by atoms with Crippen molar-refractivity contribution in [3.05, 3.63) is 10.8 Å². The van der Waals surface area contributed by atoms with Gasteiger partial charge in [-0.2, -0.15) is 10.1 Å². The van der Waals surface area contributed by atoms with Crippen LogP contribution in [0.25, 0.3) is 11.0 Å². The highest BCUT2D eigenvalue weighted by molar-refractivity contribution is 9.10. The third-order valence-corrected chi connectivity index (χ3v) is 1.89. The average Bonchev–Trinajstić information content (AvgIpc) is 2.34. The molecule has 0 saturated heterocycles. The van der Waals surface area contributed by atoms with E-state index in [0.717, 1.165) is 5.39 Å². The zero-order valence-corrected chi connectivity index (χ0v) is 6.96. The van der Waals surface area contributed by atoms with Crippen molar-refractivity contribution in [3.63, 3.8) is 0 Å². The smallest absolute Gasteiger partial charge is 0.223 e. The monoisotopic (exact) mass is 213 g/mol. The molecule has 0 atom stereocenters. The summed E-state index contributed by atoms with van der Waals surface area (Å²) < 4.78 is 0.661. The molecule has 0 amide bonds. The Labute approximate surface area is 70.2 Å². The molecular weight excluding hydrogens is 210 g/mol. The molecule has 2 aromatic rings. The van der Waals surface area contributed by atoms with Crippen molar-refractivity contribution in [1.29, 1.82) is 0 Å². The fourth-order valence-corrected chi connectivity index (χ4v) is 1.29. The van der Waals surface area contributed by atoms with Crippen LogP contribution in [0.2, 0.25) is 0 Å². The van der Waals surface area contributed by atoms with E-state index in [1.165, 1.54) is 0 Å². The van der Waals surface area contributed by atoms with Crippen molar-refractivity contribution in [1.82, 2.24) is 20.2 Å². The summed E-state index contributed by atoms with van der Waals surface area (Å²) in [5.41, 5.74) is 6.03. The summed E-state index contributed by atoms with van der Waals surface area (Å²) in [5, 5.41) is 7.31. The van der Waals surface area contributed by atoms with E-state index in [4.69, 9.17) is 5.73 Å². The lowest BCUT2D eigenvalue weighted by atomic mass is 10.4. The van der Waals surface area contributed by atoms with Crippen molar-refractivity contribution in [2.45, 2.75) is 0 Å². The van der Waals surface area contributed by atoms with E-state index in [-0.39, 0.29) is 5.95 Å². The normalized spacial score (nSPS) is 10.6. The third-order valence-electron chi connectivity index (χ3n) is 1.28. The maximum atomic E-state index is 5.38. The molecule has 2 rings (SSSR count). The molecule has 0 aliphatic heterocycles. The number of hydrogen-bond acceptors (Lipinski definition) is 4. The van der Waals surface area contributed by atoms with Crippen LogP contribution in [-0.2, 0) is 0 Å². The summed E-state index contributed by atoms with van der Waals surface area (Å²) >= 11 is 3.24.